The number of rotatable bonds is 7. The highest BCUT2D eigenvalue weighted by atomic mass is 16.7. The minimum atomic E-state index is -0.240. The summed E-state index contributed by atoms with van der Waals surface area (Å²) in [7, 11) is 1.64. The molecule has 0 spiro atoms. The van der Waals surface area contributed by atoms with Crippen molar-refractivity contribution in [3.63, 3.8) is 0 Å². The number of aromatic nitrogens is 1. The van der Waals surface area contributed by atoms with Crippen molar-refractivity contribution in [2.24, 2.45) is 0 Å². The van der Waals surface area contributed by atoms with E-state index in [-0.39, 0.29) is 12.7 Å². The van der Waals surface area contributed by atoms with E-state index in [1.165, 1.54) is 0 Å². The van der Waals surface area contributed by atoms with Gasteiger partial charge in [0.2, 0.25) is 6.79 Å². The van der Waals surface area contributed by atoms with Crippen LogP contribution in [-0.2, 0) is 13.1 Å². The number of anilines is 1. The highest BCUT2D eigenvalue weighted by Crippen LogP contribution is 2.32. The smallest absolute Gasteiger partial charge is 0.270 e. The molecule has 2 aromatic carbocycles. The Hall–Kier alpha value is -3.74. The van der Waals surface area contributed by atoms with E-state index in [0.29, 0.717) is 24.5 Å². The fourth-order valence-corrected chi connectivity index (χ4v) is 2.94. The summed E-state index contributed by atoms with van der Waals surface area (Å²) in [6, 6.07) is 17.0. The van der Waals surface area contributed by atoms with Crippen LogP contribution in [0.15, 0.2) is 60.8 Å². The Kier molecular flexibility index (Phi) is 5.47. The fraction of sp³-hybridized carbons (Fsp3) is 0.182. The van der Waals surface area contributed by atoms with Crippen LogP contribution < -0.4 is 24.8 Å². The van der Waals surface area contributed by atoms with Gasteiger partial charge in [0, 0.05) is 25.0 Å². The summed E-state index contributed by atoms with van der Waals surface area (Å²) in [5.74, 6) is 1.99. The fourth-order valence-electron chi connectivity index (χ4n) is 2.94. The topological polar surface area (TPSA) is 81.7 Å². The number of hydrogen-bond donors (Lipinski definition) is 2. The van der Waals surface area contributed by atoms with Gasteiger partial charge in [-0.05, 0) is 47.5 Å². The van der Waals surface area contributed by atoms with Gasteiger partial charge < -0.3 is 24.8 Å². The number of nitrogens with one attached hydrogen (secondary N) is 2. The lowest BCUT2D eigenvalue weighted by Gasteiger charge is -2.09. The van der Waals surface area contributed by atoms with E-state index >= 15 is 0 Å². The van der Waals surface area contributed by atoms with Crippen LogP contribution in [0.1, 0.15) is 21.6 Å². The molecule has 3 aromatic rings. The molecule has 0 saturated carbocycles. The van der Waals surface area contributed by atoms with E-state index in [1.807, 2.05) is 48.5 Å². The number of benzene rings is 2. The number of ether oxygens (including phenoxy) is 3. The lowest BCUT2D eigenvalue weighted by molar-refractivity contribution is 0.0946. The predicted octanol–water partition coefficient (Wildman–Crippen LogP) is 3.36. The average Bonchev–Trinajstić information content (AvgIpc) is 3.24. The molecule has 7 nitrogen and oxygen atoms in total. The largest absolute Gasteiger partial charge is 0.497 e. The summed E-state index contributed by atoms with van der Waals surface area (Å²) in [6.45, 7) is 1.23. The molecule has 2 heterocycles. The zero-order valence-corrected chi connectivity index (χ0v) is 16.0. The first-order valence-electron chi connectivity index (χ1n) is 9.21. The minimum Gasteiger partial charge on any atom is -0.497 e. The molecule has 0 aliphatic carbocycles. The first-order valence-corrected chi connectivity index (χ1v) is 9.21. The summed E-state index contributed by atoms with van der Waals surface area (Å²) < 4.78 is 15.8. The third-order valence-electron chi connectivity index (χ3n) is 4.54. The highest BCUT2D eigenvalue weighted by molar-refractivity contribution is 5.93. The van der Waals surface area contributed by atoms with E-state index in [4.69, 9.17) is 14.2 Å². The first-order chi connectivity index (χ1) is 14.2. The van der Waals surface area contributed by atoms with Gasteiger partial charge in [-0.1, -0.05) is 18.2 Å². The zero-order valence-electron chi connectivity index (χ0n) is 16.0. The Morgan fingerprint density at radius 1 is 1.00 bits per heavy atom. The molecule has 2 N–H and O–H groups in total. The predicted molar refractivity (Wildman–Crippen MR) is 108 cm³/mol. The summed E-state index contributed by atoms with van der Waals surface area (Å²) >= 11 is 0. The number of methoxy groups -OCH3 is 1. The number of pyridine rings is 1. The van der Waals surface area contributed by atoms with Crippen LogP contribution in [0.2, 0.25) is 0 Å². The van der Waals surface area contributed by atoms with E-state index in [2.05, 4.69) is 15.6 Å². The van der Waals surface area contributed by atoms with Gasteiger partial charge in [-0.25, -0.2) is 0 Å². The van der Waals surface area contributed by atoms with Crippen molar-refractivity contribution in [2.75, 3.05) is 19.2 Å². The summed E-state index contributed by atoms with van der Waals surface area (Å²) in [6.07, 6.45) is 1.62. The molecule has 0 bridgehead atoms. The van der Waals surface area contributed by atoms with E-state index in [1.54, 1.807) is 19.4 Å². The lowest BCUT2D eigenvalue weighted by Crippen LogP contribution is -2.23. The molecule has 1 amide bonds. The van der Waals surface area contributed by atoms with Gasteiger partial charge in [0.05, 0.1) is 7.11 Å². The Morgan fingerprint density at radius 3 is 2.62 bits per heavy atom. The molecule has 4 rings (SSSR count). The van der Waals surface area contributed by atoms with Crippen LogP contribution in [0.25, 0.3) is 0 Å². The maximum atomic E-state index is 12.5. The van der Waals surface area contributed by atoms with Crippen molar-refractivity contribution < 1.29 is 19.0 Å². The molecule has 0 unspecified atom stereocenters. The number of carbonyl (C=O) groups is 1. The molecule has 0 radical (unpaired) electrons. The Labute approximate surface area is 168 Å². The third-order valence-corrected chi connectivity index (χ3v) is 4.54. The molecule has 0 saturated heterocycles. The van der Waals surface area contributed by atoms with Gasteiger partial charge in [0.1, 0.15) is 11.4 Å². The SMILES string of the molecule is COc1ccc(CNc2ccnc(C(=O)NCc3ccc4c(c3)OCO4)c2)cc1. The van der Waals surface area contributed by atoms with Crippen LogP contribution in [0.4, 0.5) is 5.69 Å². The summed E-state index contributed by atoms with van der Waals surface area (Å²) in [5.41, 5.74) is 3.21. The Bertz CT molecular complexity index is 1010. The number of amides is 1. The van der Waals surface area contributed by atoms with Crippen molar-refractivity contribution in [1.82, 2.24) is 10.3 Å². The number of hydrogen-bond acceptors (Lipinski definition) is 6. The highest BCUT2D eigenvalue weighted by Gasteiger charge is 2.14. The summed E-state index contributed by atoms with van der Waals surface area (Å²) in [4.78, 5) is 16.7. The lowest BCUT2D eigenvalue weighted by atomic mass is 10.2. The van der Waals surface area contributed by atoms with Crippen LogP contribution >= 0.6 is 0 Å². The van der Waals surface area contributed by atoms with Gasteiger partial charge in [-0.2, -0.15) is 0 Å². The molecule has 1 aliphatic rings. The number of carbonyl (C=O) groups excluding carboxylic acids is 1. The van der Waals surface area contributed by atoms with Gasteiger partial charge in [-0.15, -0.1) is 0 Å². The standard InChI is InChI=1S/C22H21N3O4/c1-27-18-5-2-15(3-6-18)12-24-17-8-9-23-19(11-17)22(26)25-13-16-4-7-20-21(10-16)29-14-28-20/h2-11H,12-14H2,1H3,(H,23,24)(H,25,26). The molecule has 1 aliphatic heterocycles. The molecular weight excluding hydrogens is 370 g/mol. The molecule has 148 valence electrons. The van der Waals surface area contributed by atoms with Crippen molar-refractivity contribution in [3.8, 4) is 17.2 Å². The van der Waals surface area contributed by atoms with Gasteiger partial charge >= 0.3 is 0 Å². The monoisotopic (exact) mass is 391 g/mol. The van der Waals surface area contributed by atoms with Crippen molar-refractivity contribution in [1.29, 1.82) is 0 Å². The van der Waals surface area contributed by atoms with Gasteiger partial charge in [0.25, 0.3) is 5.91 Å². The summed E-state index contributed by atoms with van der Waals surface area (Å²) in [5, 5.41) is 6.19. The van der Waals surface area contributed by atoms with Crippen LogP contribution in [0, 0.1) is 0 Å². The van der Waals surface area contributed by atoms with Gasteiger partial charge in [0.15, 0.2) is 11.5 Å². The van der Waals surface area contributed by atoms with Crippen LogP contribution in [0.3, 0.4) is 0 Å². The maximum Gasteiger partial charge on any atom is 0.270 e. The van der Waals surface area contributed by atoms with E-state index in [0.717, 1.165) is 28.3 Å². The Morgan fingerprint density at radius 2 is 1.79 bits per heavy atom. The van der Waals surface area contributed by atoms with Gasteiger partial charge in [-0.3, -0.25) is 9.78 Å². The molecule has 0 atom stereocenters. The molecular formula is C22H21N3O4. The average molecular weight is 391 g/mol. The maximum absolute atomic E-state index is 12.5. The molecule has 1 aromatic heterocycles. The second-order valence-corrected chi connectivity index (χ2v) is 6.50. The number of nitrogens with zero attached hydrogens (tertiary/aromatic N) is 1. The molecule has 29 heavy (non-hydrogen) atoms. The normalized spacial score (nSPS) is 11.8. The minimum absolute atomic E-state index is 0.228. The van der Waals surface area contributed by atoms with Crippen LogP contribution in [0.5, 0.6) is 17.2 Å². The van der Waals surface area contributed by atoms with E-state index < -0.39 is 0 Å². The van der Waals surface area contributed by atoms with Crippen molar-refractivity contribution in [3.05, 3.63) is 77.6 Å². The molecule has 7 heteroatoms. The van der Waals surface area contributed by atoms with Crippen LogP contribution in [-0.4, -0.2) is 24.8 Å². The molecule has 0 fully saturated rings. The number of fused-ring (bicyclic) bond motifs is 1. The van der Waals surface area contributed by atoms with E-state index in [9.17, 15) is 4.79 Å². The zero-order chi connectivity index (χ0) is 20.1. The Balaban J connectivity index is 1.34. The third kappa shape index (κ3) is 4.57. The second-order valence-electron chi connectivity index (χ2n) is 6.50. The quantitative estimate of drug-likeness (QED) is 0.643. The van der Waals surface area contributed by atoms with Crippen molar-refractivity contribution >= 4 is 11.6 Å². The van der Waals surface area contributed by atoms with Crippen molar-refractivity contribution in [2.45, 2.75) is 13.1 Å². The second kappa shape index (κ2) is 8.52. The first kappa shape index (κ1) is 18.6.